The summed E-state index contributed by atoms with van der Waals surface area (Å²) in [6.45, 7) is 0.461. The molecule has 6 heteroatoms. The summed E-state index contributed by atoms with van der Waals surface area (Å²) >= 11 is 7.09. The summed E-state index contributed by atoms with van der Waals surface area (Å²) in [4.78, 5) is 15.1. The first kappa shape index (κ1) is 13.9. The molecule has 0 amide bonds. The van der Waals surface area contributed by atoms with Gasteiger partial charge in [0.2, 0.25) is 0 Å². The van der Waals surface area contributed by atoms with Gasteiger partial charge in [0.25, 0.3) is 0 Å². The maximum atomic E-state index is 10.8. The highest BCUT2D eigenvalue weighted by molar-refractivity contribution is 7.14. The number of aromatic carboxylic acids is 1. The topological polar surface area (TPSA) is 59.4 Å². The van der Waals surface area contributed by atoms with E-state index in [4.69, 9.17) is 21.4 Å². The molecule has 0 aliphatic carbocycles. The van der Waals surface area contributed by atoms with Crippen LogP contribution in [0, 0.1) is 0 Å². The van der Waals surface area contributed by atoms with E-state index in [1.54, 1.807) is 12.1 Å². The van der Waals surface area contributed by atoms with Crippen LogP contribution in [-0.4, -0.2) is 22.7 Å². The number of fused-ring (bicyclic) bond motifs is 1. The highest BCUT2D eigenvalue weighted by atomic mass is 35.5. The maximum absolute atomic E-state index is 10.8. The number of carbonyl (C=O) groups is 1. The predicted octanol–water partition coefficient (Wildman–Crippen LogP) is 3.98. The van der Waals surface area contributed by atoms with Crippen LogP contribution in [0.3, 0.4) is 0 Å². The quantitative estimate of drug-likeness (QED) is 0.929. The molecule has 0 atom stereocenters. The Kier molecular flexibility index (Phi) is 3.77. The first-order valence-electron chi connectivity index (χ1n) is 6.12. The van der Waals surface area contributed by atoms with Crippen molar-refractivity contribution in [3.63, 3.8) is 0 Å². The van der Waals surface area contributed by atoms with E-state index in [0.717, 1.165) is 28.2 Å². The second kappa shape index (κ2) is 5.71. The minimum atomic E-state index is -0.962. The number of carboxylic acids is 1. The standard InChI is InChI=1S/C15H10ClNO3S/c16-11-2-3-12-10(6-11)5-9(8-20-12)1-4-14-17-7-13(21-14)15(18)19/h1-7H,8H2,(H,18,19)/b4-1+. The zero-order valence-corrected chi connectivity index (χ0v) is 12.3. The smallest absolute Gasteiger partial charge is 0.347 e. The van der Waals surface area contributed by atoms with Gasteiger partial charge in [0, 0.05) is 10.6 Å². The molecule has 1 aliphatic rings. The van der Waals surface area contributed by atoms with E-state index in [1.807, 2.05) is 24.3 Å². The minimum Gasteiger partial charge on any atom is -0.488 e. The van der Waals surface area contributed by atoms with Crippen molar-refractivity contribution < 1.29 is 14.6 Å². The molecule has 3 rings (SSSR count). The lowest BCUT2D eigenvalue weighted by Crippen LogP contribution is -2.05. The largest absolute Gasteiger partial charge is 0.488 e. The molecule has 1 aliphatic heterocycles. The molecule has 0 saturated heterocycles. The Hall–Kier alpha value is -2.11. The molecule has 2 aromatic rings. The second-order valence-corrected chi connectivity index (χ2v) is 5.89. The van der Waals surface area contributed by atoms with Gasteiger partial charge in [-0.25, -0.2) is 9.78 Å². The number of hydrogen-bond donors (Lipinski definition) is 1. The van der Waals surface area contributed by atoms with Gasteiger partial charge in [-0.1, -0.05) is 17.7 Å². The molecule has 106 valence electrons. The summed E-state index contributed by atoms with van der Waals surface area (Å²) in [6.07, 6.45) is 7.00. The van der Waals surface area contributed by atoms with Crippen LogP contribution in [-0.2, 0) is 0 Å². The third-order valence-corrected chi connectivity index (χ3v) is 4.07. The average Bonchev–Trinajstić information content (AvgIpc) is 2.93. The number of thiazole rings is 1. The van der Waals surface area contributed by atoms with E-state index in [1.165, 1.54) is 6.20 Å². The molecule has 0 saturated carbocycles. The van der Waals surface area contributed by atoms with Crippen molar-refractivity contribution in [2.75, 3.05) is 6.61 Å². The lowest BCUT2D eigenvalue weighted by atomic mass is 10.1. The average molecular weight is 320 g/mol. The molecule has 0 bridgehead atoms. The van der Waals surface area contributed by atoms with Crippen LogP contribution in [0.5, 0.6) is 5.75 Å². The van der Waals surface area contributed by atoms with Gasteiger partial charge < -0.3 is 9.84 Å². The molecule has 4 nitrogen and oxygen atoms in total. The molecule has 21 heavy (non-hydrogen) atoms. The van der Waals surface area contributed by atoms with Crippen LogP contribution < -0.4 is 4.74 Å². The number of ether oxygens (including phenoxy) is 1. The number of halogens is 1. The van der Waals surface area contributed by atoms with Crippen LogP contribution in [0.1, 0.15) is 20.2 Å². The number of carboxylic acid groups (broad SMARTS) is 1. The number of nitrogens with zero attached hydrogens (tertiary/aromatic N) is 1. The molecule has 0 radical (unpaired) electrons. The maximum Gasteiger partial charge on any atom is 0.347 e. The van der Waals surface area contributed by atoms with E-state index in [9.17, 15) is 4.79 Å². The Balaban J connectivity index is 1.81. The Morgan fingerprint density at radius 2 is 2.29 bits per heavy atom. The van der Waals surface area contributed by atoms with Crippen LogP contribution >= 0.6 is 22.9 Å². The zero-order valence-electron chi connectivity index (χ0n) is 10.7. The second-order valence-electron chi connectivity index (χ2n) is 4.39. The molecule has 0 spiro atoms. The van der Waals surface area contributed by atoms with Crippen molar-refractivity contribution in [1.82, 2.24) is 4.98 Å². The molecule has 0 unspecified atom stereocenters. The third-order valence-electron chi connectivity index (χ3n) is 2.88. The summed E-state index contributed by atoms with van der Waals surface area (Å²) in [7, 11) is 0. The van der Waals surface area contributed by atoms with Crippen molar-refractivity contribution in [2.24, 2.45) is 0 Å². The molecular weight excluding hydrogens is 310 g/mol. The fraction of sp³-hybridized carbons (Fsp3) is 0.0667. The van der Waals surface area contributed by atoms with Crippen LogP contribution in [0.15, 0.2) is 36.0 Å². The molecule has 1 aromatic heterocycles. The van der Waals surface area contributed by atoms with Gasteiger partial charge in [0.05, 0.1) is 6.20 Å². The summed E-state index contributed by atoms with van der Waals surface area (Å²) < 4.78 is 5.63. The highest BCUT2D eigenvalue weighted by Crippen LogP contribution is 2.29. The Morgan fingerprint density at radius 3 is 3.05 bits per heavy atom. The van der Waals surface area contributed by atoms with Crippen molar-refractivity contribution in [1.29, 1.82) is 0 Å². The third kappa shape index (κ3) is 3.15. The highest BCUT2D eigenvalue weighted by Gasteiger charge is 2.10. The van der Waals surface area contributed by atoms with Gasteiger partial charge in [-0.15, -0.1) is 11.3 Å². The SMILES string of the molecule is O=C(O)c1cnc(/C=C/C2=Cc3cc(Cl)ccc3OC2)s1. The van der Waals surface area contributed by atoms with Gasteiger partial charge in [-0.3, -0.25) is 0 Å². The van der Waals surface area contributed by atoms with Crippen molar-refractivity contribution >= 4 is 41.1 Å². The van der Waals surface area contributed by atoms with Crippen molar-refractivity contribution in [3.8, 4) is 5.75 Å². The number of aromatic nitrogens is 1. The Bertz CT molecular complexity index is 764. The van der Waals surface area contributed by atoms with E-state index in [0.29, 0.717) is 16.6 Å². The number of hydrogen-bond acceptors (Lipinski definition) is 4. The van der Waals surface area contributed by atoms with E-state index < -0.39 is 5.97 Å². The van der Waals surface area contributed by atoms with Gasteiger partial charge in [0.15, 0.2) is 0 Å². The number of benzene rings is 1. The number of rotatable bonds is 3. The normalized spacial score (nSPS) is 13.7. The minimum absolute atomic E-state index is 0.223. The Labute approximate surface area is 130 Å². The summed E-state index contributed by atoms with van der Waals surface area (Å²) in [5.41, 5.74) is 1.90. The molecule has 1 N–H and O–H groups in total. The first-order chi connectivity index (χ1) is 10.1. The van der Waals surface area contributed by atoms with Crippen molar-refractivity contribution in [2.45, 2.75) is 0 Å². The van der Waals surface area contributed by atoms with E-state index in [2.05, 4.69) is 4.98 Å². The van der Waals surface area contributed by atoms with Gasteiger partial charge in [-0.2, -0.15) is 0 Å². The fourth-order valence-corrected chi connectivity index (χ4v) is 2.74. The van der Waals surface area contributed by atoms with Gasteiger partial charge in [0.1, 0.15) is 22.2 Å². The molecule has 0 fully saturated rings. The van der Waals surface area contributed by atoms with Crippen LogP contribution in [0.2, 0.25) is 5.02 Å². The van der Waals surface area contributed by atoms with Gasteiger partial charge >= 0.3 is 5.97 Å². The zero-order chi connectivity index (χ0) is 14.8. The predicted molar refractivity (Wildman–Crippen MR) is 83.0 cm³/mol. The van der Waals surface area contributed by atoms with E-state index in [-0.39, 0.29) is 4.88 Å². The summed E-state index contributed by atoms with van der Waals surface area (Å²) in [6, 6.07) is 5.47. The molecule has 1 aromatic carbocycles. The van der Waals surface area contributed by atoms with Crippen LogP contribution in [0.25, 0.3) is 12.2 Å². The van der Waals surface area contributed by atoms with Crippen LogP contribution in [0.4, 0.5) is 0 Å². The molecule has 2 heterocycles. The van der Waals surface area contributed by atoms with E-state index >= 15 is 0 Å². The lowest BCUT2D eigenvalue weighted by Gasteiger charge is -2.16. The summed E-state index contributed by atoms with van der Waals surface area (Å²) in [5, 5.41) is 10.2. The summed E-state index contributed by atoms with van der Waals surface area (Å²) in [5.74, 6) is -0.158. The van der Waals surface area contributed by atoms with Gasteiger partial charge in [-0.05, 0) is 35.9 Å². The van der Waals surface area contributed by atoms with Crippen molar-refractivity contribution in [3.05, 3.63) is 56.5 Å². The monoisotopic (exact) mass is 319 g/mol. The lowest BCUT2D eigenvalue weighted by molar-refractivity contribution is 0.0702. The molecular formula is C15H10ClNO3S. The fourth-order valence-electron chi connectivity index (χ4n) is 1.90. The Morgan fingerprint density at radius 1 is 1.43 bits per heavy atom. The first-order valence-corrected chi connectivity index (χ1v) is 7.31.